The molecule has 2 N–H and O–H groups in total. The first-order chi connectivity index (χ1) is 7.28. The van der Waals surface area contributed by atoms with E-state index in [4.69, 9.17) is 17.3 Å². The molecule has 0 amide bonds. The number of rotatable bonds is 4. The Balaban J connectivity index is 2.83. The van der Waals surface area contributed by atoms with E-state index in [1.54, 1.807) is 12.1 Å². The van der Waals surface area contributed by atoms with Gasteiger partial charge in [-0.3, -0.25) is 0 Å². The average molecular weight is 250 g/mol. The van der Waals surface area contributed by atoms with Crippen LogP contribution < -0.4 is 10.5 Å². The molecule has 0 atom stereocenters. The molecule has 1 aromatic rings. The van der Waals surface area contributed by atoms with E-state index < -0.39 is 6.61 Å². The summed E-state index contributed by atoms with van der Waals surface area (Å²) in [6.45, 7) is 0.892. The van der Waals surface area contributed by atoms with E-state index in [0.29, 0.717) is 6.42 Å². The van der Waals surface area contributed by atoms with Crippen molar-refractivity contribution in [2.75, 3.05) is 0 Å². The first-order valence-corrected chi connectivity index (χ1v) is 5.18. The lowest BCUT2D eigenvalue weighted by Gasteiger charge is -2.18. The van der Waals surface area contributed by atoms with Gasteiger partial charge in [0.1, 0.15) is 5.75 Å². The van der Waals surface area contributed by atoms with Gasteiger partial charge in [-0.25, -0.2) is 0 Å². The van der Waals surface area contributed by atoms with E-state index in [9.17, 15) is 8.78 Å². The minimum absolute atomic E-state index is 0.0183. The van der Waals surface area contributed by atoms with Crippen molar-refractivity contribution in [3.63, 3.8) is 0 Å². The van der Waals surface area contributed by atoms with Crippen molar-refractivity contribution in [2.24, 2.45) is 5.73 Å². The summed E-state index contributed by atoms with van der Waals surface area (Å²) in [6.07, 6.45) is 0.613. The van der Waals surface area contributed by atoms with Gasteiger partial charge >= 0.3 is 6.61 Å². The van der Waals surface area contributed by atoms with Crippen LogP contribution in [0.15, 0.2) is 18.2 Å². The summed E-state index contributed by atoms with van der Waals surface area (Å²) in [6, 6.07) is 4.70. The Morgan fingerprint density at radius 2 is 2.06 bits per heavy atom. The van der Waals surface area contributed by atoms with E-state index in [0.717, 1.165) is 5.56 Å². The Hall–Kier alpha value is -0.870. The molecule has 1 aromatic carbocycles. The Morgan fingerprint density at radius 1 is 1.44 bits per heavy atom. The van der Waals surface area contributed by atoms with Crippen LogP contribution in [-0.2, 0) is 6.42 Å². The van der Waals surface area contributed by atoms with Crippen molar-refractivity contribution in [1.82, 2.24) is 0 Å². The molecule has 0 bridgehead atoms. The van der Waals surface area contributed by atoms with Gasteiger partial charge in [-0.2, -0.15) is 8.78 Å². The number of halogens is 3. The molecular formula is C11H14ClF2NO. The minimum atomic E-state index is -2.87. The highest BCUT2D eigenvalue weighted by Crippen LogP contribution is 2.27. The molecular weight excluding hydrogens is 236 g/mol. The highest BCUT2D eigenvalue weighted by Gasteiger charge is 2.14. The summed E-state index contributed by atoms with van der Waals surface area (Å²) >= 11 is 5.80. The third-order valence-corrected chi connectivity index (χ3v) is 2.17. The van der Waals surface area contributed by atoms with Crippen molar-refractivity contribution in [2.45, 2.75) is 32.4 Å². The predicted octanol–water partition coefficient (Wildman–Crippen LogP) is 3.22. The molecule has 0 saturated heterocycles. The molecule has 0 heterocycles. The van der Waals surface area contributed by atoms with Crippen LogP contribution in [0, 0.1) is 0 Å². The number of alkyl halides is 2. The summed E-state index contributed by atoms with van der Waals surface area (Å²) in [7, 11) is 0. The molecule has 0 aliphatic heterocycles. The van der Waals surface area contributed by atoms with Gasteiger partial charge in [0.2, 0.25) is 0 Å². The summed E-state index contributed by atoms with van der Waals surface area (Å²) in [5.74, 6) is -0.0183. The lowest BCUT2D eigenvalue weighted by Crippen LogP contribution is -2.34. The number of benzene rings is 1. The highest BCUT2D eigenvalue weighted by molar-refractivity contribution is 6.32. The van der Waals surface area contributed by atoms with Crippen LogP contribution >= 0.6 is 11.6 Å². The van der Waals surface area contributed by atoms with Crippen LogP contribution in [0.3, 0.4) is 0 Å². The van der Waals surface area contributed by atoms with E-state index in [1.807, 2.05) is 13.8 Å². The molecule has 0 spiro atoms. The first-order valence-electron chi connectivity index (χ1n) is 4.80. The van der Waals surface area contributed by atoms with Crippen LogP contribution in [0.1, 0.15) is 19.4 Å². The first kappa shape index (κ1) is 13.2. The van der Waals surface area contributed by atoms with Gasteiger partial charge in [0.25, 0.3) is 0 Å². The minimum Gasteiger partial charge on any atom is -0.433 e. The third kappa shape index (κ3) is 4.33. The molecule has 0 saturated carbocycles. The van der Waals surface area contributed by atoms with E-state index in [1.165, 1.54) is 6.07 Å². The summed E-state index contributed by atoms with van der Waals surface area (Å²) < 4.78 is 28.2. The standard InChI is InChI=1S/C11H14ClF2NO/c1-11(2,15)6-7-3-4-9(8(12)5-7)16-10(13)14/h3-5,10H,6,15H2,1-2H3. The Kier molecular flexibility index (Phi) is 4.10. The van der Waals surface area contributed by atoms with Gasteiger partial charge in [0.15, 0.2) is 0 Å². The van der Waals surface area contributed by atoms with Crippen LogP contribution in [-0.4, -0.2) is 12.2 Å². The smallest absolute Gasteiger partial charge is 0.387 e. The molecule has 2 nitrogen and oxygen atoms in total. The lowest BCUT2D eigenvalue weighted by molar-refractivity contribution is -0.0497. The summed E-state index contributed by atoms with van der Waals surface area (Å²) in [5.41, 5.74) is 6.36. The largest absolute Gasteiger partial charge is 0.433 e. The molecule has 1 rings (SSSR count). The van der Waals surface area contributed by atoms with Crippen LogP contribution in [0.2, 0.25) is 5.02 Å². The second-order valence-electron chi connectivity index (χ2n) is 4.31. The number of nitrogens with two attached hydrogens (primary N) is 1. The van der Waals surface area contributed by atoms with Gasteiger partial charge in [-0.05, 0) is 38.0 Å². The van der Waals surface area contributed by atoms with Crippen LogP contribution in [0.5, 0.6) is 5.75 Å². The second-order valence-corrected chi connectivity index (χ2v) is 4.72. The molecule has 0 aliphatic carbocycles. The quantitative estimate of drug-likeness (QED) is 0.889. The van der Waals surface area contributed by atoms with Crippen molar-refractivity contribution in [3.05, 3.63) is 28.8 Å². The monoisotopic (exact) mass is 249 g/mol. The molecule has 0 aromatic heterocycles. The van der Waals surface area contributed by atoms with Crippen molar-refractivity contribution >= 4 is 11.6 Å². The van der Waals surface area contributed by atoms with Crippen molar-refractivity contribution < 1.29 is 13.5 Å². The SMILES string of the molecule is CC(C)(N)Cc1ccc(OC(F)F)c(Cl)c1. The number of hydrogen-bond acceptors (Lipinski definition) is 2. The van der Waals surface area contributed by atoms with Crippen LogP contribution in [0.25, 0.3) is 0 Å². The fourth-order valence-corrected chi connectivity index (χ4v) is 1.62. The molecule has 16 heavy (non-hydrogen) atoms. The topological polar surface area (TPSA) is 35.2 Å². The molecule has 0 fully saturated rings. The highest BCUT2D eigenvalue weighted by atomic mass is 35.5. The number of ether oxygens (including phenoxy) is 1. The Morgan fingerprint density at radius 3 is 2.50 bits per heavy atom. The maximum Gasteiger partial charge on any atom is 0.387 e. The zero-order valence-electron chi connectivity index (χ0n) is 9.14. The zero-order chi connectivity index (χ0) is 12.3. The number of hydrogen-bond donors (Lipinski definition) is 1. The normalized spacial score (nSPS) is 11.9. The summed E-state index contributed by atoms with van der Waals surface area (Å²) in [4.78, 5) is 0. The Bertz CT molecular complexity index is 363. The molecule has 5 heteroatoms. The average Bonchev–Trinajstić information content (AvgIpc) is 2.06. The van der Waals surface area contributed by atoms with Gasteiger partial charge in [0, 0.05) is 5.54 Å². The van der Waals surface area contributed by atoms with Gasteiger partial charge in [0.05, 0.1) is 5.02 Å². The molecule has 0 unspecified atom stereocenters. The lowest BCUT2D eigenvalue weighted by atomic mass is 9.96. The van der Waals surface area contributed by atoms with Gasteiger partial charge < -0.3 is 10.5 Å². The zero-order valence-corrected chi connectivity index (χ0v) is 9.89. The summed E-state index contributed by atoms with van der Waals surface area (Å²) in [5, 5.41) is 0.169. The molecule has 0 aliphatic rings. The second kappa shape index (κ2) is 4.97. The fourth-order valence-electron chi connectivity index (χ4n) is 1.37. The molecule has 0 radical (unpaired) electrons. The van der Waals surface area contributed by atoms with Crippen molar-refractivity contribution in [3.8, 4) is 5.75 Å². The maximum absolute atomic E-state index is 12.0. The molecule has 90 valence electrons. The Labute approximate surface area is 98.3 Å². The van der Waals surface area contributed by atoms with E-state index >= 15 is 0 Å². The van der Waals surface area contributed by atoms with Gasteiger partial charge in [-0.15, -0.1) is 0 Å². The fraction of sp³-hybridized carbons (Fsp3) is 0.455. The predicted molar refractivity (Wildman–Crippen MR) is 60.1 cm³/mol. The third-order valence-electron chi connectivity index (χ3n) is 1.87. The van der Waals surface area contributed by atoms with Crippen LogP contribution in [0.4, 0.5) is 8.78 Å². The van der Waals surface area contributed by atoms with E-state index in [-0.39, 0.29) is 16.3 Å². The van der Waals surface area contributed by atoms with Crippen molar-refractivity contribution in [1.29, 1.82) is 0 Å². The van der Waals surface area contributed by atoms with Gasteiger partial charge in [-0.1, -0.05) is 17.7 Å². The maximum atomic E-state index is 12.0. The van der Waals surface area contributed by atoms with E-state index in [2.05, 4.69) is 4.74 Å².